The fraction of sp³-hybridized carbons (Fsp3) is 0.429. The number of amides is 1. The summed E-state index contributed by atoms with van der Waals surface area (Å²) < 4.78 is 0. The maximum Gasteiger partial charge on any atom is 0.303 e. The number of hydrogen-bond acceptors (Lipinski definition) is 3. The minimum Gasteiger partial charge on any atom is -0.481 e. The monoisotopic (exact) mass is 264 g/mol. The zero-order valence-electron chi connectivity index (χ0n) is 11.3. The van der Waals surface area contributed by atoms with Crippen molar-refractivity contribution in [2.24, 2.45) is 0 Å². The molecule has 0 saturated carbocycles. The third-order valence-electron chi connectivity index (χ3n) is 2.74. The summed E-state index contributed by atoms with van der Waals surface area (Å²) in [6, 6.07) is 7.91. The molecular formula is C14H20N2O3. The largest absolute Gasteiger partial charge is 0.481 e. The zero-order chi connectivity index (χ0) is 14.3. The topological polar surface area (TPSA) is 69.6 Å². The molecule has 5 heteroatoms. The van der Waals surface area contributed by atoms with E-state index in [2.05, 4.69) is 5.32 Å². The molecule has 1 aromatic carbocycles. The van der Waals surface area contributed by atoms with Gasteiger partial charge in [0.2, 0.25) is 5.91 Å². The zero-order valence-corrected chi connectivity index (χ0v) is 11.3. The lowest BCUT2D eigenvalue weighted by atomic mass is 10.2. The molecule has 1 aromatic rings. The van der Waals surface area contributed by atoms with Crippen molar-refractivity contribution in [1.82, 2.24) is 5.32 Å². The highest BCUT2D eigenvalue weighted by Gasteiger charge is 2.04. The first-order chi connectivity index (χ1) is 8.99. The average molecular weight is 264 g/mol. The Morgan fingerprint density at radius 2 is 1.79 bits per heavy atom. The summed E-state index contributed by atoms with van der Waals surface area (Å²) in [4.78, 5) is 23.8. The molecule has 0 aliphatic carbocycles. The standard InChI is InChI=1S/C14H20N2O3/c1-16(2)12-8-6-11(7-9-12)10-15-13(17)4-3-5-14(18)19/h6-9H,3-5,10H2,1-2H3,(H,15,17)(H,18,19). The van der Waals surface area contributed by atoms with Crippen LogP contribution in [0.15, 0.2) is 24.3 Å². The second-order valence-corrected chi connectivity index (χ2v) is 4.58. The first kappa shape index (κ1) is 15.0. The predicted molar refractivity (Wildman–Crippen MR) is 74.1 cm³/mol. The molecule has 104 valence electrons. The number of rotatable bonds is 7. The molecule has 5 nitrogen and oxygen atoms in total. The highest BCUT2D eigenvalue weighted by Crippen LogP contribution is 2.12. The molecule has 0 aliphatic heterocycles. The fourth-order valence-electron chi connectivity index (χ4n) is 1.60. The van der Waals surface area contributed by atoms with Gasteiger partial charge in [-0.2, -0.15) is 0 Å². The van der Waals surface area contributed by atoms with E-state index in [4.69, 9.17) is 5.11 Å². The van der Waals surface area contributed by atoms with E-state index >= 15 is 0 Å². The van der Waals surface area contributed by atoms with Gasteiger partial charge in [-0.15, -0.1) is 0 Å². The minimum absolute atomic E-state index is 0.0327. The Labute approximate surface area is 113 Å². The van der Waals surface area contributed by atoms with E-state index < -0.39 is 5.97 Å². The summed E-state index contributed by atoms with van der Waals surface area (Å²) in [5.41, 5.74) is 2.13. The van der Waals surface area contributed by atoms with E-state index in [9.17, 15) is 9.59 Å². The molecule has 0 aromatic heterocycles. The molecule has 1 amide bonds. The molecule has 0 unspecified atom stereocenters. The third kappa shape index (κ3) is 5.90. The maximum absolute atomic E-state index is 11.5. The number of benzene rings is 1. The van der Waals surface area contributed by atoms with Gasteiger partial charge >= 0.3 is 5.97 Å². The number of carbonyl (C=O) groups excluding carboxylic acids is 1. The molecule has 0 fully saturated rings. The lowest BCUT2D eigenvalue weighted by Gasteiger charge is -2.12. The average Bonchev–Trinajstić information content (AvgIpc) is 2.36. The van der Waals surface area contributed by atoms with Gasteiger partial charge in [-0.25, -0.2) is 0 Å². The van der Waals surface area contributed by atoms with Gasteiger partial charge < -0.3 is 15.3 Å². The van der Waals surface area contributed by atoms with Gasteiger partial charge in [-0.05, 0) is 24.1 Å². The van der Waals surface area contributed by atoms with Crippen molar-refractivity contribution in [1.29, 1.82) is 0 Å². The van der Waals surface area contributed by atoms with Gasteiger partial charge in [0.05, 0.1) is 0 Å². The van der Waals surface area contributed by atoms with Crippen LogP contribution in [0.2, 0.25) is 0 Å². The fourth-order valence-corrected chi connectivity index (χ4v) is 1.60. The van der Waals surface area contributed by atoms with Crippen molar-refractivity contribution in [3.63, 3.8) is 0 Å². The summed E-state index contributed by atoms with van der Waals surface area (Å²) in [7, 11) is 3.94. The van der Waals surface area contributed by atoms with E-state index in [-0.39, 0.29) is 18.7 Å². The van der Waals surface area contributed by atoms with Gasteiger partial charge in [0.15, 0.2) is 0 Å². The van der Waals surface area contributed by atoms with Crippen LogP contribution in [0.1, 0.15) is 24.8 Å². The molecule has 0 bridgehead atoms. The van der Waals surface area contributed by atoms with Crippen LogP contribution in [0.5, 0.6) is 0 Å². The van der Waals surface area contributed by atoms with E-state index in [0.29, 0.717) is 13.0 Å². The van der Waals surface area contributed by atoms with Crippen LogP contribution < -0.4 is 10.2 Å². The normalized spacial score (nSPS) is 10.0. The van der Waals surface area contributed by atoms with Crippen LogP contribution in [0, 0.1) is 0 Å². The Hall–Kier alpha value is -2.04. The number of carboxylic acids is 1. The summed E-state index contributed by atoms with van der Waals surface area (Å²) >= 11 is 0. The number of carbonyl (C=O) groups is 2. The van der Waals surface area contributed by atoms with E-state index in [1.807, 2.05) is 43.3 Å². The van der Waals surface area contributed by atoms with Gasteiger partial charge in [-0.3, -0.25) is 9.59 Å². The Morgan fingerprint density at radius 3 is 2.32 bits per heavy atom. The summed E-state index contributed by atoms with van der Waals surface area (Å²) in [6.45, 7) is 0.472. The first-order valence-corrected chi connectivity index (χ1v) is 6.24. The highest BCUT2D eigenvalue weighted by molar-refractivity contribution is 5.76. The van der Waals surface area contributed by atoms with Crippen LogP contribution in [-0.2, 0) is 16.1 Å². The number of nitrogens with zero attached hydrogens (tertiary/aromatic N) is 1. The molecule has 0 atom stereocenters. The van der Waals surface area contributed by atoms with Crippen molar-refractivity contribution >= 4 is 17.6 Å². The number of anilines is 1. The van der Waals surface area contributed by atoms with E-state index in [0.717, 1.165) is 11.3 Å². The quantitative estimate of drug-likeness (QED) is 0.785. The van der Waals surface area contributed by atoms with Crippen LogP contribution in [0.3, 0.4) is 0 Å². The van der Waals surface area contributed by atoms with Gasteiger partial charge in [-0.1, -0.05) is 12.1 Å². The number of aliphatic carboxylic acids is 1. The second kappa shape index (κ2) is 7.41. The molecule has 0 heterocycles. The van der Waals surface area contributed by atoms with E-state index in [1.165, 1.54) is 0 Å². The lowest BCUT2D eigenvalue weighted by molar-refractivity contribution is -0.137. The second-order valence-electron chi connectivity index (χ2n) is 4.58. The summed E-state index contributed by atoms with van der Waals surface area (Å²) in [5.74, 6) is -0.981. The van der Waals surface area contributed by atoms with Crippen molar-refractivity contribution in [2.45, 2.75) is 25.8 Å². The summed E-state index contributed by atoms with van der Waals surface area (Å²) in [6.07, 6.45) is 0.660. The Morgan fingerprint density at radius 1 is 1.16 bits per heavy atom. The SMILES string of the molecule is CN(C)c1ccc(CNC(=O)CCCC(=O)O)cc1. The van der Waals surface area contributed by atoms with Crippen molar-refractivity contribution in [2.75, 3.05) is 19.0 Å². The number of hydrogen-bond donors (Lipinski definition) is 2. The van der Waals surface area contributed by atoms with Crippen LogP contribution in [0.4, 0.5) is 5.69 Å². The molecule has 0 aliphatic rings. The third-order valence-corrected chi connectivity index (χ3v) is 2.74. The molecule has 19 heavy (non-hydrogen) atoms. The molecule has 0 saturated heterocycles. The van der Waals surface area contributed by atoms with Crippen molar-refractivity contribution in [3.8, 4) is 0 Å². The maximum atomic E-state index is 11.5. The number of nitrogens with one attached hydrogen (secondary N) is 1. The van der Waals surface area contributed by atoms with E-state index in [1.54, 1.807) is 0 Å². The molecule has 2 N–H and O–H groups in total. The van der Waals surface area contributed by atoms with Crippen LogP contribution in [0.25, 0.3) is 0 Å². The van der Waals surface area contributed by atoms with Crippen LogP contribution in [-0.4, -0.2) is 31.1 Å². The smallest absolute Gasteiger partial charge is 0.303 e. The van der Waals surface area contributed by atoms with Gasteiger partial charge in [0.25, 0.3) is 0 Å². The first-order valence-electron chi connectivity index (χ1n) is 6.24. The summed E-state index contributed by atoms with van der Waals surface area (Å²) in [5, 5.41) is 11.2. The Balaban J connectivity index is 2.31. The van der Waals surface area contributed by atoms with Crippen LogP contribution >= 0.6 is 0 Å². The predicted octanol–water partition coefficient (Wildman–Crippen LogP) is 1.62. The van der Waals surface area contributed by atoms with Crippen molar-refractivity contribution in [3.05, 3.63) is 29.8 Å². The van der Waals surface area contributed by atoms with Gasteiger partial charge in [0, 0.05) is 39.2 Å². The molecule has 1 rings (SSSR count). The molecule has 0 radical (unpaired) electrons. The molecule has 0 spiro atoms. The highest BCUT2D eigenvalue weighted by atomic mass is 16.4. The molecular weight excluding hydrogens is 244 g/mol. The minimum atomic E-state index is -0.868. The Bertz CT molecular complexity index is 427. The lowest BCUT2D eigenvalue weighted by Crippen LogP contribution is -2.22. The van der Waals surface area contributed by atoms with Gasteiger partial charge in [0.1, 0.15) is 0 Å². The Kier molecular flexibility index (Phi) is 5.85. The van der Waals surface area contributed by atoms with Crippen molar-refractivity contribution < 1.29 is 14.7 Å². The number of carboxylic acid groups (broad SMARTS) is 1.